The molecule has 2 saturated heterocycles. The van der Waals surface area contributed by atoms with Crippen molar-refractivity contribution in [2.45, 2.75) is 0 Å². The van der Waals surface area contributed by atoms with Gasteiger partial charge in [0.05, 0.1) is 26.0 Å². The van der Waals surface area contributed by atoms with E-state index in [0.29, 0.717) is 31.9 Å². The van der Waals surface area contributed by atoms with Crippen LogP contribution in [0.4, 0.5) is 11.6 Å². The molecule has 0 saturated carbocycles. The number of piperazine rings is 1. The van der Waals surface area contributed by atoms with Crippen LogP contribution in [0.5, 0.6) is 5.75 Å². The number of hydrogen-bond acceptors (Lipinski definition) is 8. The van der Waals surface area contributed by atoms with Crippen molar-refractivity contribution in [3.63, 3.8) is 0 Å². The van der Waals surface area contributed by atoms with Crippen molar-refractivity contribution < 1.29 is 14.3 Å². The highest BCUT2D eigenvalue weighted by Gasteiger charge is 2.25. The van der Waals surface area contributed by atoms with Crippen LogP contribution in [-0.2, 0) is 4.74 Å². The molecule has 1 amide bonds. The first-order chi connectivity index (χ1) is 16.2. The summed E-state index contributed by atoms with van der Waals surface area (Å²) in [5, 5.41) is 16.0. The number of aromatic amines is 1. The summed E-state index contributed by atoms with van der Waals surface area (Å²) in [4.78, 5) is 19.2. The van der Waals surface area contributed by atoms with Gasteiger partial charge in [0.1, 0.15) is 11.4 Å². The highest BCUT2D eigenvalue weighted by molar-refractivity contribution is 5.93. The van der Waals surface area contributed by atoms with E-state index in [0.717, 1.165) is 54.9 Å². The van der Waals surface area contributed by atoms with E-state index in [2.05, 4.69) is 30.2 Å². The maximum atomic E-state index is 13.0. The van der Waals surface area contributed by atoms with Gasteiger partial charge in [-0.25, -0.2) is 0 Å². The Balaban J connectivity index is 1.18. The Bertz CT molecular complexity index is 1070. The van der Waals surface area contributed by atoms with Gasteiger partial charge >= 0.3 is 0 Å². The highest BCUT2D eigenvalue weighted by atomic mass is 16.5. The number of carbonyl (C=O) groups excluding carboxylic acids is 1. The molecule has 33 heavy (non-hydrogen) atoms. The number of nitrogens with one attached hydrogen (secondary N) is 1. The lowest BCUT2D eigenvalue weighted by Gasteiger charge is -2.35. The van der Waals surface area contributed by atoms with E-state index in [4.69, 9.17) is 9.47 Å². The summed E-state index contributed by atoms with van der Waals surface area (Å²) in [5.41, 5.74) is 2.15. The van der Waals surface area contributed by atoms with Gasteiger partial charge in [0, 0.05) is 44.8 Å². The molecule has 5 rings (SSSR count). The number of anilines is 2. The minimum atomic E-state index is -0.0457. The number of H-pyrrole nitrogens is 1. The summed E-state index contributed by atoms with van der Waals surface area (Å²) in [6, 6.07) is 13.4. The Hall–Kier alpha value is -3.66. The number of ether oxygens (including phenoxy) is 2. The number of aromatic nitrogens is 4. The molecule has 2 aliphatic heterocycles. The minimum absolute atomic E-state index is 0.0457. The molecule has 4 heterocycles. The van der Waals surface area contributed by atoms with Gasteiger partial charge in [0.25, 0.3) is 5.91 Å². The standard InChI is InChI=1S/C23H27N7O3/c1-32-18-4-2-17(3-5-18)19-16-20(25-24-19)23(31)30-10-8-28(9-11-30)21-6-7-22(27-26-21)29-12-14-33-15-13-29/h2-7,16H,8-15H2,1H3,(H,24,25). The van der Waals surface area contributed by atoms with Gasteiger partial charge in [0.2, 0.25) is 0 Å². The average Bonchev–Trinajstić information content (AvgIpc) is 3.39. The molecule has 2 aliphatic rings. The van der Waals surface area contributed by atoms with Gasteiger partial charge in [-0.2, -0.15) is 5.10 Å². The van der Waals surface area contributed by atoms with Gasteiger partial charge < -0.3 is 24.2 Å². The predicted octanol–water partition coefficient (Wildman–Crippen LogP) is 1.67. The zero-order chi connectivity index (χ0) is 22.6. The molecule has 3 aromatic rings. The van der Waals surface area contributed by atoms with E-state index in [1.54, 1.807) is 13.2 Å². The first-order valence-electron chi connectivity index (χ1n) is 11.1. The number of nitrogens with zero attached hydrogens (tertiary/aromatic N) is 6. The molecule has 0 bridgehead atoms. The smallest absolute Gasteiger partial charge is 0.272 e. The van der Waals surface area contributed by atoms with Crippen molar-refractivity contribution in [2.75, 3.05) is 69.4 Å². The number of morpholine rings is 1. The minimum Gasteiger partial charge on any atom is -0.497 e. The fraction of sp³-hybridized carbons (Fsp3) is 0.391. The predicted molar refractivity (Wildman–Crippen MR) is 124 cm³/mol. The number of carbonyl (C=O) groups is 1. The molecule has 0 radical (unpaired) electrons. The average molecular weight is 450 g/mol. The molecular weight excluding hydrogens is 422 g/mol. The fourth-order valence-corrected chi connectivity index (χ4v) is 4.10. The molecule has 10 nitrogen and oxygen atoms in total. The van der Waals surface area contributed by atoms with E-state index in [1.165, 1.54) is 0 Å². The third kappa shape index (κ3) is 4.61. The fourth-order valence-electron chi connectivity index (χ4n) is 4.10. The van der Waals surface area contributed by atoms with E-state index < -0.39 is 0 Å². The second-order valence-electron chi connectivity index (χ2n) is 8.02. The summed E-state index contributed by atoms with van der Waals surface area (Å²) < 4.78 is 10.6. The topological polar surface area (TPSA) is 99.7 Å². The van der Waals surface area contributed by atoms with Crippen LogP contribution in [0, 0.1) is 0 Å². The molecule has 172 valence electrons. The SMILES string of the molecule is COc1ccc(-c2cc(C(=O)N3CCN(c4ccc(N5CCOCC5)nn4)CC3)[nH]n2)cc1. The van der Waals surface area contributed by atoms with Crippen LogP contribution < -0.4 is 14.5 Å². The van der Waals surface area contributed by atoms with Crippen molar-refractivity contribution in [3.8, 4) is 17.0 Å². The van der Waals surface area contributed by atoms with Crippen LogP contribution in [0.15, 0.2) is 42.5 Å². The van der Waals surface area contributed by atoms with Gasteiger partial charge in [-0.1, -0.05) is 0 Å². The van der Waals surface area contributed by atoms with E-state index in [-0.39, 0.29) is 5.91 Å². The van der Waals surface area contributed by atoms with Crippen molar-refractivity contribution >= 4 is 17.5 Å². The number of hydrogen-bond donors (Lipinski definition) is 1. The second kappa shape index (κ2) is 9.45. The number of methoxy groups -OCH3 is 1. The molecule has 0 atom stereocenters. The second-order valence-corrected chi connectivity index (χ2v) is 8.02. The number of amides is 1. The lowest BCUT2D eigenvalue weighted by Crippen LogP contribution is -2.49. The van der Waals surface area contributed by atoms with Crippen molar-refractivity contribution in [3.05, 3.63) is 48.2 Å². The Morgan fingerprint density at radius 1 is 0.909 bits per heavy atom. The molecule has 10 heteroatoms. The van der Waals surface area contributed by atoms with E-state index in [1.807, 2.05) is 41.3 Å². The maximum Gasteiger partial charge on any atom is 0.272 e. The summed E-state index contributed by atoms with van der Waals surface area (Å²) in [6.45, 7) is 5.75. The maximum absolute atomic E-state index is 13.0. The highest BCUT2D eigenvalue weighted by Crippen LogP contribution is 2.22. The number of benzene rings is 1. The Labute approximate surface area is 192 Å². The molecule has 1 aromatic carbocycles. The van der Waals surface area contributed by atoms with Gasteiger partial charge in [0.15, 0.2) is 11.6 Å². The zero-order valence-electron chi connectivity index (χ0n) is 18.6. The first-order valence-corrected chi connectivity index (χ1v) is 11.1. The monoisotopic (exact) mass is 449 g/mol. The van der Waals surface area contributed by atoms with Crippen LogP contribution >= 0.6 is 0 Å². The third-order valence-corrected chi connectivity index (χ3v) is 6.06. The quantitative estimate of drug-likeness (QED) is 0.628. The lowest BCUT2D eigenvalue weighted by molar-refractivity contribution is 0.0740. The first kappa shape index (κ1) is 21.2. The summed E-state index contributed by atoms with van der Waals surface area (Å²) >= 11 is 0. The molecule has 1 N–H and O–H groups in total. The van der Waals surface area contributed by atoms with Crippen molar-refractivity contribution in [1.29, 1.82) is 0 Å². The largest absolute Gasteiger partial charge is 0.497 e. The molecule has 0 spiro atoms. The van der Waals surface area contributed by atoms with E-state index >= 15 is 0 Å². The van der Waals surface area contributed by atoms with Crippen LogP contribution in [-0.4, -0.2) is 90.8 Å². The molecule has 2 fully saturated rings. The Morgan fingerprint density at radius 3 is 2.15 bits per heavy atom. The molecule has 0 unspecified atom stereocenters. The van der Waals surface area contributed by atoms with E-state index in [9.17, 15) is 4.79 Å². The molecule has 2 aromatic heterocycles. The summed E-state index contributed by atoms with van der Waals surface area (Å²) in [6.07, 6.45) is 0. The summed E-state index contributed by atoms with van der Waals surface area (Å²) in [5.74, 6) is 2.45. The van der Waals surface area contributed by atoms with Crippen LogP contribution in [0.3, 0.4) is 0 Å². The van der Waals surface area contributed by atoms with Gasteiger partial charge in [-0.3, -0.25) is 9.89 Å². The molecule has 0 aliphatic carbocycles. The normalized spacial score (nSPS) is 16.7. The third-order valence-electron chi connectivity index (χ3n) is 6.06. The Kier molecular flexibility index (Phi) is 6.07. The zero-order valence-corrected chi connectivity index (χ0v) is 18.6. The van der Waals surface area contributed by atoms with Crippen molar-refractivity contribution in [1.82, 2.24) is 25.3 Å². The van der Waals surface area contributed by atoms with Gasteiger partial charge in [-0.15, -0.1) is 10.2 Å². The van der Waals surface area contributed by atoms with Crippen LogP contribution in [0.1, 0.15) is 10.5 Å². The Morgan fingerprint density at radius 2 is 1.55 bits per heavy atom. The molecular formula is C23H27N7O3. The lowest BCUT2D eigenvalue weighted by atomic mass is 10.1. The van der Waals surface area contributed by atoms with Crippen LogP contribution in [0.25, 0.3) is 11.3 Å². The van der Waals surface area contributed by atoms with Crippen LogP contribution in [0.2, 0.25) is 0 Å². The van der Waals surface area contributed by atoms with Gasteiger partial charge in [-0.05, 0) is 42.5 Å². The summed E-state index contributed by atoms with van der Waals surface area (Å²) in [7, 11) is 1.63. The van der Waals surface area contributed by atoms with Crippen molar-refractivity contribution in [2.24, 2.45) is 0 Å². The number of rotatable bonds is 5.